The van der Waals surface area contributed by atoms with Crippen molar-refractivity contribution in [1.29, 1.82) is 0 Å². The van der Waals surface area contributed by atoms with Crippen LogP contribution in [0.3, 0.4) is 0 Å². The lowest BCUT2D eigenvalue weighted by molar-refractivity contribution is 0.270. The van der Waals surface area contributed by atoms with Crippen molar-refractivity contribution < 1.29 is 8.91 Å². The van der Waals surface area contributed by atoms with E-state index in [1.165, 1.54) is 6.07 Å². The third kappa shape index (κ3) is 3.65. The lowest BCUT2D eigenvalue weighted by Gasteiger charge is -2.35. The zero-order valence-electron chi connectivity index (χ0n) is 17.8. The highest BCUT2D eigenvalue weighted by Gasteiger charge is 2.21. The SMILES string of the molecule is CCN1CCN(c2ccc(-c3noc(-c4cc(C)nc5cc(C)nn45)n3)cc2F)CC1. The van der Waals surface area contributed by atoms with Crippen molar-refractivity contribution in [1.82, 2.24) is 29.6 Å². The van der Waals surface area contributed by atoms with Crippen LogP contribution in [0.25, 0.3) is 28.6 Å². The van der Waals surface area contributed by atoms with Crippen LogP contribution in [0.4, 0.5) is 10.1 Å². The average Bonchev–Trinajstić information content (AvgIpc) is 3.39. The first-order valence-electron chi connectivity index (χ1n) is 10.5. The first-order chi connectivity index (χ1) is 15.0. The van der Waals surface area contributed by atoms with Crippen LogP contribution in [0.2, 0.25) is 0 Å². The van der Waals surface area contributed by atoms with Gasteiger partial charge in [-0.2, -0.15) is 10.1 Å². The number of hydrogen-bond donors (Lipinski definition) is 0. The smallest absolute Gasteiger partial charge is 0.277 e. The minimum absolute atomic E-state index is 0.279. The summed E-state index contributed by atoms with van der Waals surface area (Å²) in [6.07, 6.45) is 0. The molecule has 1 saturated heterocycles. The van der Waals surface area contributed by atoms with Gasteiger partial charge in [-0.1, -0.05) is 12.1 Å². The second-order valence-electron chi connectivity index (χ2n) is 7.85. The molecule has 0 bridgehead atoms. The number of rotatable bonds is 4. The van der Waals surface area contributed by atoms with Crippen molar-refractivity contribution in [3.63, 3.8) is 0 Å². The number of likely N-dealkylation sites (N-methyl/N-ethyl adjacent to an activating group) is 1. The van der Waals surface area contributed by atoms with Crippen molar-refractivity contribution in [3.8, 4) is 23.0 Å². The van der Waals surface area contributed by atoms with Crippen LogP contribution in [-0.2, 0) is 0 Å². The molecule has 4 heterocycles. The average molecular weight is 421 g/mol. The fourth-order valence-electron chi connectivity index (χ4n) is 4.02. The van der Waals surface area contributed by atoms with Gasteiger partial charge >= 0.3 is 0 Å². The summed E-state index contributed by atoms with van der Waals surface area (Å²) in [6.45, 7) is 10.5. The summed E-state index contributed by atoms with van der Waals surface area (Å²) < 4.78 is 22.1. The van der Waals surface area contributed by atoms with Gasteiger partial charge in [-0.25, -0.2) is 13.9 Å². The minimum atomic E-state index is -0.279. The lowest BCUT2D eigenvalue weighted by Crippen LogP contribution is -2.46. The summed E-state index contributed by atoms with van der Waals surface area (Å²) in [5.41, 5.74) is 4.21. The Balaban J connectivity index is 1.44. The van der Waals surface area contributed by atoms with E-state index in [-0.39, 0.29) is 5.82 Å². The normalized spacial score (nSPS) is 15.2. The molecule has 1 aromatic carbocycles. The van der Waals surface area contributed by atoms with Crippen LogP contribution in [0, 0.1) is 19.7 Å². The first-order valence-corrected chi connectivity index (χ1v) is 10.5. The van der Waals surface area contributed by atoms with E-state index in [1.54, 1.807) is 10.6 Å². The second kappa shape index (κ2) is 7.73. The van der Waals surface area contributed by atoms with Crippen molar-refractivity contribution in [2.75, 3.05) is 37.6 Å². The van der Waals surface area contributed by atoms with E-state index in [0.717, 1.165) is 44.1 Å². The molecule has 0 radical (unpaired) electrons. The molecule has 0 N–H and O–H groups in total. The van der Waals surface area contributed by atoms with Crippen LogP contribution >= 0.6 is 0 Å². The van der Waals surface area contributed by atoms with Crippen LogP contribution in [0.1, 0.15) is 18.3 Å². The van der Waals surface area contributed by atoms with Crippen LogP contribution in [-0.4, -0.2) is 62.4 Å². The zero-order chi connectivity index (χ0) is 21.5. The summed E-state index contributed by atoms with van der Waals surface area (Å²) in [4.78, 5) is 13.4. The van der Waals surface area contributed by atoms with Gasteiger partial charge in [-0.05, 0) is 44.7 Å². The molecule has 0 saturated carbocycles. The van der Waals surface area contributed by atoms with Gasteiger partial charge in [-0.15, -0.1) is 0 Å². The topological polar surface area (TPSA) is 75.6 Å². The molecule has 0 atom stereocenters. The Kier molecular flexibility index (Phi) is 4.90. The molecule has 0 aliphatic carbocycles. The van der Waals surface area contributed by atoms with Gasteiger partial charge in [0.05, 0.1) is 11.4 Å². The van der Waals surface area contributed by atoms with Gasteiger partial charge < -0.3 is 14.3 Å². The summed E-state index contributed by atoms with van der Waals surface area (Å²) in [6, 6.07) is 8.85. The number of hydrogen-bond acceptors (Lipinski definition) is 7. The predicted molar refractivity (Wildman–Crippen MR) is 115 cm³/mol. The molecule has 31 heavy (non-hydrogen) atoms. The highest BCUT2D eigenvalue weighted by Crippen LogP contribution is 2.28. The van der Waals surface area contributed by atoms with Crippen molar-refractivity contribution >= 4 is 11.3 Å². The summed E-state index contributed by atoms with van der Waals surface area (Å²) >= 11 is 0. The number of fused-ring (bicyclic) bond motifs is 1. The van der Waals surface area contributed by atoms with Gasteiger partial charge in [0.15, 0.2) is 5.65 Å². The van der Waals surface area contributed by atoms with E-state index in [9.17, 15) is 4.39 Å². The predicted octanol–water partition coefficient (Wildman–Crippen LogP) is 3.34. The second-order valence-corrected chi connectivity index (χ2v) is 7.85. The Labute approximate surface area is 179 Å². The van der Waals surface area contributed by atoms with Gasteiger partial charge in [0, 0.05) is 43.5 Å². The maximum Gasteiger partial charge on any atom is 0.277 e. The molecule has 0 spiro atoms. The molecule has 1 aliphatic rings. The van der Waals surface area contributed by atoms with Gasteiger partial charge in [0.1, 0.15) is 11.5 Å². The Morgan fingerprint density at radius 2 is 1.81 bits per heavy atom. The quantitative estimate of drug-likeness (QED) is 0.500. The van der Waals surface area contributed by atoms with E-state index in [0.29, 0.717) is 34.3 Å². The van der Waals surface area contributed by atoms with Crippen molar-refractivity contribution in [3.05, 3.63) is 47.5 Å². The number of halogens is 1. The Bertz CT molecular complexity index is 1240. The maximum atomic E-state index is 14.9. The highest BCUT2D eigenvalue weighted by molar-refractivity contribution is 5.63. The molecule has 3 aromatic heterocycles. The van der Waals surface area contributed by atoms with E-state index < -0.39 is 0 Å². The van der Waals surface area contributed by atoms with E-state index in [4.69, 9.17) is 4.52 Å². The number of anilines is 1. The van der Waals surface area contributed by atoms with E-state index >= 15 is 0 Å². The van der Waals surface area contributed by atoms with E-state index in [2.05, 4.69) is 36.9 Å². The third-order valence-electron chi connectivity index (χ3n) is 5.69. The van der Waals surface area contributed by atoms with E-state index in [1.807, 2.05) is 32.0 Å². The van der Waals surface area contributed by atoms with Gasteiger partial charge in [0.2, 0.25) is 5.82 Å². The third-order valence-corrected chi connectivity index (χ3v) is 5.69. The van der Waals surface area contributed by atoms with Crippen LogP contribution in [0.5, 0.6) is 0 Å². The molecule has 4 aromatic rings. The Morgan fingerprint density at radius 1 is 1.00 bits per heavy atom. The molecule has 160 valence electrons. The van der Waals surface area contributed by atoms with Gasteiger partial charge in [0.25, 0.3) is 5.89 Å². The molecule has 1 fully saturated rings. The summed E-state index contributed by atoms with van der Waals surface area (Å²) in [7, 11) is 0. The van der Waals surface area contributed by atoms with Crippen LogP contribution in [0.15, 0.2) is 34.9 Å². The highest BCUT2D eigenvalue weighted by atomic mass is 19.1. The van der Waals surface area contributed by atoms with Crippen molar-refractivity contribution in [2.24, 2.45) is 0 Å². The Hall–Kier alpha value is -3.33. The lowest BCUT2D eigenvalue weighted by atomic mass is 10.1. The first kappa shape index (κ1) is 19.6. The fraction of sp³-hybridized carbons (Fsp3) is 0.364. The largest absolute Gasteiger partial charge is 0.367 e. The molecule has 5 rings (SSSR count). The molecule has 0 unspecified atom stereocenters. The molecule has 1 aliphatic heterocycles. The molecule has 9 heteroatoms. The summed E-state index contributed by atoms with van der Waals surface area (Å²) in [5, 5.41) is 8.53. The summed E-state index contributed by atoms with van der Waals surface area (Å²) in [5.74, 6) is 0.371. The van der Waals surface area contributed by atoms with Crippen LogP contribution < -0.4 is 4.90 Å². The zero-order valence-corrected chi connectivity index (χ0v) is 17.8. The molecule has 0 amide bonds. The number of aromatic nitrogens is 5. The number of nitrogens with zero attached hydrogens (tertiary/aromatic N) is 7. The number of piperazine rings is 1. The standard InChI is InChI=1S/C22H24FN7O/c1-4-28-7-9-29(10-8-28)18-6-5-16(13-17(18)23)21-25-22(31-27-21)19-11-14(2)24-20-12-15(3)26-30(19)20/h5-6,11-13H,4,7-10H2,1-3H3. The maximum absolute atomic E-state index is 14.9. The minimum Gasteiger partial charge on any atom is -0.367 e. The Morgan fingerprint density at radius 3 is 2.55 bits per heavy atom. The van der Waals surface area contributed by atoms with Crippen molar-refractivity contribution in [2.45, 2.75) is 20.8 Å². The molecular formula is C22H24FN7O. The monoisotopic (exact) mass is 421 g/mol. The number of aryl methyl sites for hydroxylation is 2. The number of benzene rings is 1. The molecule has 8 nitrogen and oxygen atoms in total. The molecular weight excluding hydrogens is 397 g/mol. The fourth-order valence-corrected chi connectivity index (χ4v) is 4.02. The van der Waals surface area contributed by atoms with Gasteiger partial charge in [-0.3, -0.25) is 0 Å².